The SMILES string of the molecule is Cc1ccc(-c2ccc(N3CCN(C(=O)Cc4cccc(C)c4)CC3)nn2)cc1. The van der Waals surface area contributed by atoms with Gasteiger partial charge in [-0.15, -0.1) is 10.2 Å². The molecule has 5 heteroatoms. The molecule has 1 aromatic heterocycles. The number of piperazine rings is 1. The molecule has 0 aliphatic carbocycles. The molecular formula is C24H26N4O. The second kappa shape index (κ2) is 8.43. The minimum Gasteiger partial charge on any atom is -0.352 e. The van der Waals surface area contributed by atoms with E-state index in [-0.39, 0.29) is 5.91 Å². The zero-order valence-corrected chi connectivity index (χ0v) is 17.0. The molecule has 29 heavy (non-hydrogen) atoms. The van der Waals surface area contributed by atoms with Crippen molar-refractivity contribution < 1.29 is 4.79 Å². The monoisotopic (exact) mass is 386 g/mol. The van der Waals surface area contributed by atoms with Gasteiger partial charge in [-0.05, 0) is 31.5 Å². The van der Waals surface area contributed by atoms with Gasteiger partial charge >= 0.3 is 0 Å². The van der Waals surface area contributed by atoms with E-state index in [1.807, 2.05) is 29.2 Å². The summed E-state index contributed by atoms with van der Waals surface area (Å²) < 4.78 is 0. The maximum atomic E-state index is 12.6. The van der Waals surface area contributed by atoms with Crippen molar-refractivity contribution >= 4 is 11.7 Å². The first-order chi connectivity index (χ1) is 14.1. The molecule has 0 N–H and O–H groups in total. The first-order valence-electron chi connectivity index (χ1n) is 10.1. The summed E-state index contributed by atoms with van der Waals surface area (Å²) in [5.74, 6) is 1.06. The molecule has 1 aliphatic rings. The van der Waals surface area contributed by atoms with Crippen molar-refractivity contribution in [3.63, 3.8) is 0 Å². The maximum Gasteiger partial charge on any atom is 0.227 e. The first kappa shape index (κ1) is 19.1. The lowest BCUT2D eigenvalue weighted by Gasteiger charge is -2.35. The molecule has 148 valence electrons. The normalized spacial score (nSPS) is 14.1. The Hall–Kier alpha value is -3.21. The lowest BCUT2D eigenvalue weighted by atomic mass is 10.1. The van der Waals surface area contributed by atoms with Gasteiger partial charge in [-0.1, -0.05) is 59.7 Å². The summed E-state index contributed by atoms with van der Waals surface area (Å²) in [6, 6.07) is 20.5. The van der Waals surface area contributed by atoms with Gasteiger partial charge in [0.1, 0.15) is 0 Å². The molecule has 0 radical (unpaired) electrons. The molecule has 0 atom stereocenters. The number of carbonyl (C=O) groups excluding carboxylic acids is 1. The first-order valence-corrected chi connectivity index (χ1v) is 10.1. The number of hydrogen-bond donors (Lipinski definition) is 0. The summed E-state index contributed by atoms with van der Waals surface area (Å²) in [4.78, 5) is 16.8. The highest BCUT2D eigenvalue weighted by Crippen LogP contribution is 2.20. The van der Waals surface area contributed by atoms with Gasteiger partial charge in [0.25, 0.3) is 0 Å². The van der Waals surface area contributed by atoms with Gasteiger partial charge in [0.2, 0.25) is 5.91 Å². The Labute approximate surface area is 172 Å². The Bertz CT molecular complexity index is 975. The number of carbonyl (C=O) groups is 1. The summed E-state index contributed by atoms with van der Waals surface area (Å²) in [5, 5.41) is 8.82. The van der Waals surface area contributed by atoms with Crippen LogP contribution in [0.3, 0.4) is 0 Å². The number of hydrogen-bond acceptors (Lipinski definition) is 4. The third kappa shape index (κ3) is 4.62. The van der Waals surface area contributed by atoms with Crippen molar-refractivity contribution in [2.24, 2.45) is 0 Å². The molecule has 5 nitrogen and oxygen atoms in total. The Morgan fingerprint density at radius 3 is 2.28 bits per heavy atom. The van der Waals surface area contributed by atoms with Crippen LogP contribution >= 0.6 is 0 Å². The molecule has 1 saturated heterocycles. The predicted molar refractivity (Wildman–Crippen MR) is 116 cm³/mol. The lowest BCUT2D eigenvalue weighted by Crippen LogP contribution is -2.49. The Morgan fingerprint density at radius 1 is 0.862 bits per heavy atom. The van der Waals surface area contributed by atoms with E-state index in [4.69, 9.17) is 0 Å². The number of aromatic nitrogens is 2. The number of amides is 1. The van der Waals surface area contributed by atoms with Crippen LogP contribution in [0.2, 0.25) is 0 Å². The number of rotatable bonds is 4. The molecule has 0 unspecified atom stereocenters. The highest BCUT2D eigenvalue weighted by Gasteiger charge is 2.22. The third-order valence-corrected chi connectivity index (χ3v) is 5.39. The van der Waals surface area contributed by atoms with E-state index in [9.17, 15) is 4.79 Å². The average Bonchev–Trinajstić information content (AvgIpc) is 2.75. The van der Waals surface area contributed by atoms with Gasteiger partial charge in [0.05, 0.1) is 12.1 Å². The highest BCUT2D eigenvalue weighted by molar-refractivity contribution is 5.79. The lowest BCUT2D eigenvalue weighted by molar-refractivity contribution is -0.130. The maximum absolute atomic E-state index is 12.6. The number of nitrogens with zero attached hydrogens (tertiary/aromatic N) is 4. The molecule has 0 saturated carbocycles. The summed E-state index contributed by atoms with van der Waals surface area (Å²) in [7, 11) is 0. The molecule has 2 aromatic carbocycles. The van der Waals surface area contributed by atoms with Gasteiger partial charge in [0.15, 0.2) is 5.82 Å². The van der Waals surface area contributed by atoms with Gasteiger partial charge in [-0.2, -0.15) is 0 Å². The largest absolute Gasteiger partial charge is 0.352 e. The van der Waals surface area contributed by atoms with Crippen molar-refractivity contribution in [1.29, 1.82) is 0 Å². The zero-order chi connectivity index (χ0) is 20.2. The molecule has 0 spiro atoms. The van der Waals surface area contributed by atoms with Crippen LogP contribution in [0.5, 0.6) is 0 Å². The Morgan fingerprint density at radius 2 is 1.62 bits per heavy atom. The second-order valence-corrected chi connectivity index (χ2v) is 7.68. The van der Waals surface area contributed by atoms with Crippen molar-refractivity contribution in [3.8, 4) is 11.3 Å². The summed E-state index contributed by atoms with van der Waals surface area (Å²) >= 11 is 0. The van der Waals surface area contributed by atoms with E-state index in [0.29, 0.717) is 19.5 Å². The Kier molecular flexibility index (Phi) is 5.56. The molecule has 4 rings (SSSR count). The van der Waals surface area contributed by atoms with Crippen molar-refractivity contribution in [2.75, 3.05) is 31.1 Å². The van der Waals surface area contributed by atoms with Gasteiger partial charge in [0, 0.05) is 31.7 Å². The minimum absolute atomic E-state index is 0.191. The van der Waals surface area contributed by atoms with E-state index < -0.39 is 0 Å². The van der Waals surface area contributed by atoms with Crippen LogP contribution < -0.4 is 4.90 Å². The molecule has 1 aliphatic heterocycles. The fourth-order valence-corrected chi connectivity index (χ4v) is 3.67. The topological polar surface area (TPSA) is 49.3 Å². The van der Waals surface area contributed by atoms with E-state index in [1.165, 1.54) is 11.1 Å². The smallest absolute Gasteiger partial charge is 0.227 e. The van der Waals surface area contributed by atoms with Crippen LogP contribution in [0.25, 0.3) is 11.3 Å². The van der Waals surface area contributed by atoms with Crippen LogP contribution in [0.1, 0.15) is 16.7 Å². The quantitative estimate of drug-likeness (QED) is 0.687. The molecular weight excluding hydrogens is 360 g/mol. The van der Waals surface area contributed by atoms with E-state index >= 15 is 0 Å². The Balaban J connectivity index is 1.34. The highest BCUT2D eigenvalue weighted by atomic mass is 16.2. The molecule has 2 heterocycles. The van der Waals surface area contributed by atoms with Crippen molar-refractivity contribution in [2.45, 2.75) is 20.3 Å². The van der Waals surface area contributed by atoms with Crippen LogP contribution in [0.15, 0.2) is 60.7 Å². The van der Waals surface area contributed by atoms with Crippen LogP contribution in [0.4, 0.5) is 5.82 Å². The van der Waals surface area contributed by atoms with Gasteiger partial charge < -0.3 is 9.80 Å². The van der Waals surface area contributed by atoms with E-state index in [1.54, 1.807) is 0 Å². The van der Waals surface area contributed by atoms with E-state index in [2.05, 4.69) is 65.3 Å². The van der Waals surface area contributed by atoms with E-state index in [0.717, 1.165) is 35.7 Å². The minimum atomic E-state index is 0.191. The fourth-order valence-electron chi connectivity index (χ4n) is 3.67. The third-order valence-electron chi connectivity index (χ3n) is 5.39. The van der Waals surface area contributed by atoms with Gasteiger partial charge in [-0.3, -0.25) is 4.79 Å². The van der Waals surface area contributed by atoms with Crippen LogP contribution in [-0.4, -0.2) is 47.2 Å². The second-order valence-electron chi connectivity index (χ2n) is 7.68. The number of benzene rings is 2. The zero-order valence-electron chi connectivity index (χ0n) is 17.0. The van der Waals surface area contributed by atoms with Crippen molar-refractivity contribution in [3.05, 3.63) is 77.4 Å². The van der Waals surface area contributed by atoms with Crippen molar-refractivity contribution in [1.82, 2.24) is 15.1 Å². The van der Waals surface area contributed by atoms with Gasteiger partial charge in [-0.25, -0.2) is 0 Å². The number of aryl methyl sites for hydroxylation is 2. The molecule has 1 fully saturated rings. The molecule has 1 amide bonds. The summed E-state index contributed by atoms with van der Waals surface area (Å²) in [5.41, 5.74) is 5.44. The standard InChI is InChI=1S/C24H26N4O/c1-18-6-8-21(9-7-18)22-10-11-23(26-25-22)27-12-14-28(15-13-27)24(29)17-20-5-3-4-19(2)16-20/h3-11,16H,12-15,17H2,1-2H3. The molecule has 3 aromatic rings. The number of anilines is 1. The summed E-state index contributed by atoms with van der Waals surface area (Å²) in [6.45, 7) is 7.11. The average molecular weight is 386 g/mol. The fraction of sp³-hybridized carbons (Fsp3) is 0.292. The predicted octanol–water partition coefficient (Wildman–Crippen LogP) is 3.65. The van der Waals surface area contributed by atoms with Crippen LogP contribution in [0, 0.1) is 13.8 Å². The molecule has 0 bridgehead atoms. The summed E-state index contributed by atoms with van der Waals surface area (Å²) in [6.07, 6.45) is 0.465. The van der Waals surface area contributed by atoms with Crippen LogP contribution in [-0.2, 0) is 11.2 Å².